The van der Waals surface area contributed by atoms with Gasteiger partial charge >= 0.3 is 15.6 Å². The van der Waals surface area contributed by atoms with Gasteiger partial charge in [0.05, 0.1) is 12.2 Å². The van der Waals surface area contributed by atoms with Crippen LogP contribution < -0.4 is 4.74 Å². The first kappa shape index (κ1) is 21.3. The number of hydrogen-bond donors (Lipinski definition) is 1. The molecule has 3 rings (SSSR count). The van der Waals surface area contributed by atoms with E-state index in [1.807, 2.05) is 0 Å². The lowest BCUT2D eigenvalue weighted by atomic mass is 9.94. The topological polar surface area (TPSA) is 102 Å². The van der Waals surface area contributed by atoms with Gasteiger partial charge < -0.3 is 14.6 Å². The summed E-state index contributed by atoms with van der Waals surface area (Å²) in [5.74, 6) is -1.04. The first-order valence-electron chi connectivity index (χ1n) is 8.36. The van der Waals surface area contributed by atoms with Crippen molar-refractivity contribution < 1.29 is 45.2 Å². The summed E-state index contributed by atoms with van der Waals surface area (Å²) in [7, 11) is -6.17. The molecule has 1 unspecified atom stereocenters. The summed E-state index contributed by atoms with van der Waals surface area (Å²) in [6, 6.07) is 7.26. The lowest BCUT2D eigenvalue weighted by Crippen LogP contribution is -2.42. The number of halogens is 3. The van der Waals surface area contributed by atoms with Gasteiger partial charge in [0, 0.05) is 17.6 Å². The molecule has 0 fully saturated rings. The molecular weight excluding hydrogens is 419 g/mol. The first-order chi connectivity index (χ1) is 13.6. The molecule has 2 aromatic rings. The standard InChI is InChI=1S/C17H16F3NO7S/c1-2-26-6-7-27-11-8-10-4-3-5-12-14(10)13(9-11)16(23)21(15(12)22)28-29(24,25)17(18,19)20/h3-5,8-9,15,22H,2,6-7H2,1H3. The Hall–Kier alpha value is -2.41. The van der Waals surface area contributed by atoms with Crippen molar-refractivity contribution in [3.8, 4) is 5.75 Å². The van der Waals surface area contributed by atoms with Crippen LogP contribution in [0.1, 0.15) is 29.1 Å². The fourth-order valence-electron chi connectivity index (χ4n) is 2.84. The van der Waals surface area contributed by atoms with Gasteiger partial charge in [0.1, 0.15) is 12.4 Å². The number of alkyl halides is 3. The van der Waals surface area contributed by atoms with Crippen LogP contribution in [0, 0.1) is 0 Å². The molecule has 1 heterocycles. The number of amides is 1. The van der Waals surface area contributed by atoms with E-state index in [0.717, 1.165) is 0 Å². The molecule has 8 nitrogen and oxygen atoms in total. The molecule has 0 aromatic heterocycles. The average molecular weight is 435 g/mol. The van der Waals surface area contributed by atoms with E-state index in [0.29, 0.717) is 12.0 Å². The minimum Gasteiger partial charge on any atom is -0.491 e. The predicted octanol–water partition coefficient (Wildman–Crippen LogP) is 2.48. The summed E-state index contributed by atoms with van der Waals surface area (Å²) in [5, 5.41) is 10.8. The first-order valence-corrected chi connectivity index (χ1v) is 9.77. The van der Waals surface area contributed by atoms with E-state index in [1.54, 1.807) is 19.1 Å². The van der Waals surface area contributed by atoms with Crippen LogP contribution in [0.5, 0.6) is 5.75 Å². The number of carbonyl (C=O) groups excluding carboxylic acids is 1. The number of rotatable bonds is 7. The van der Waals surface area contributed by atoms with Crippen LogP contribution in [-0.4, -0.2) is 49.8 Å². The molecule has 1 amide bonds. The third kappa shape index (κ3) is 4.01. The highest BCUT2D eigenvalue weighted by Gasteiger charge is 2.51. The Bertz CT molecular complexity index is 1040. The summed E-state index contributed by atoms with van der Waals surface area (Å²) < 4.78 is 75.3. The molecule has 0 bridgehead atoms. The van der Waals surface area contributed by atoms with Crippen molar-refractivity contribution in [2.75, 3.05) is 19.8 Å². The normalized spacial score (nSPS) is 17.1. The van der Waals surface area contributed by atoms with E-state index < -0.39 is 27.8 Å². The molecule has 1 aliphatic rings. The van der Waals surface area contributed by atoms with Crippen LogP contribution in [0.3, 0.4) is 0 Å². The molecule has 0 aliphatic carbocycles. The smallest absolute Gasteiger partial charge is 0.491 e. The molecule has 2 aromatic carbocycles. The molecule has 12 heteroatoms. The zero-order chi connectivity index (χ0) is 21.4. The summed E-state index contributed by atoms with van der Waals surface area (Å²) >= 11 is 0. The molecule has 29 heavy (non-hydrogen) atoms. The van der Waals surface area contributed by atoms with Gasteiger partial charge in [-0.05, 0) is 24.4 Å². The number of benzene rings is 2. The van der Waals surface area contributed by atoms with Crippen molar-refractivity contribution in [2.45, 2.75) is 18.7 Å². The molecule has 158 valence electrons. The van der Waals surface area contributed by atoms with Gasteiger partial charge in [0.15, 0.2) is 6.23 Å². The third-order valence-electron chi connectivity index (χ3n) is 4.08. The minimum atomic E-state index is -6.17. The van der Waals surface area contributed by atoms with Gasteiger partial charge in [0.25, 0.3) is 5.91 Å². The number of nitrogens with zero attached hydrogens (tertiary/aromatic N) is 1. The average Bonchev–Trinajstić information content (AvgIpc) is 2.65. The highest BCUT2D eigenvalue weighted by Crippen LogP contribution is 2.39. The van der Waals surface area contributed by atoms with Gasteiger partial charge in [-0.15, -0.1) is 4.28 Å². The second-order valence-electron chi connectivity index (χ2n) is 5.94. The molecular formula is C17H16F3NO7S. The lowest BCUT2D eigenvalue weighted by Gasteiger charge is -2.31. The SMILES string of the molecule is CCOCCOc1cc2c3c(cccc3c1)C(O)N(OS(=O)(=O)C(F)(F)F)C2=O. The van der Waals surface area contributed by atoms with Crippen LogP contribution >= 0.6 is 0 Å². The quantitative estimate of drug-likeness (QED) is 0.527. The second-order valence-corrected chi connectivity index (χ2v) is 7.46. The Morgan fingerprint density at radius 2 is 1.93 bits per heavy atom. The Morgan fingerprint density at radius 1 is 1.21 bits per heavy atom. The fourth-order valence-corrected chi connectivity index (χ4v) is 3.28. The van der Waals surface area contributed by atoms with E-state index in [2.05, 4.69) is 4.28 Å². The largest absolute Gasteiger partial charge is 0.525 e. The van der Waals surface area contributed by atoms with E-state index >= 15 is 0 Å². The molecule has 1 atom stereocenters. The van der Waals surface area contributed by atoms with Crippen LogP contribution in [0.15, 0.2) is 30.3 Å². The van der Waals surface area contributed by atoms with Crippen LogP contribution in [0.2, 0.25) is 0 Å². The summed E-state index contributed by atoms with van der Waals surface area (Å²) in [4.78, 5) is 12.7. The Kier molecular flexibility index (Phi) is 5.72. The van der Waals surface area contributed by atoms with Gasteiger partial charge in [0.2, 0.25) is 0 Å². The Labute approximate surface area is 163 Å². The summed E-state index contributed by atoms with van der Waals surface area (Å²) in [5.41, 5.74) is -5.94. The number of hydrogen-bond acceptors (Lipinski definition) is 7. The maximum atomic E-state index is 12.7. The molecule has 0 spiro atoms. The molecule has 1 aliphatic heterocycles. The third-order valence-corrected chi connectivity index (χ3v) is 5.00. The van der Waals surface area contributed by atoms with Gasteiger partial charge in [-0.25, -0.2) is 0 Å². The van der Waals surface area contributed by atoms with Crippen molar-refractivity contribution in [1.82, 2.24) is 5.06 Å². The molecule has 1 N–H and O–H groups in total. The maximum Gasteiger partial charge on any atom is 0.525 e. The van der Waals surface area contributed by atoms with Crippen molar-refractivity contribution in [3.63, 3.8) is 0 Å². The number of carbonyl (C=O) groups is 1. The zero-order valence-electron chi connectivity index (χ0n) is 15.0. The maximum absolute atomic E-state index is 12.7. The second kappa shape index (κ2) is 7.78. The number of aliphatic hydroxyl groups is 1. The van der Waals surface area contributed by atoms with Gasteiger partial charge in [-0.3, -0.25) is 4.79 Å². The van der Waals surface area contributed by atoms with Crippen molar-refractivity contribution in [1.29, 1.82) is 0 Å². The van der Waals surface area contributed by atoms with Crippen LogP contribution in [0.25, 0.3) is 10.8 Å². The zero-order valence-corrected chi connectivity index (χ0v) is 15.8. The Morgan fingerprint density at radius 3 is 2.59 bits per heavy atom. The highest BCUT2D eigenvalue weighted by atomic mass is 32.2. The number of ether oxygens (including phenoxy) is 2. The van der Waals surface area contributed by atoms with Crippen molar-refractivity contribution in [3.05, 3.63) is 41.5 Å². The van der Waals surface area contributed by atoms with Crippen molar-refractivity contribution in [2.24, 2.45) is 0 Å². The van der Waals surface area contributed by atoms with Gasteiger partial charge in [-0.2, -0.15) is 26.7 Å². The number of hydroxylamine groups is 2. The fraction of sp³-hybridized carbons (Fsp3) is 0.353. The molecule has 0 saturated carbocycles. The van der Waals surface area contributed by atoms with Crippen molar-refractivity contribution >= 4 is 26.8 Å². The monoisotopic (exact) mass is 435 g/mol. The van der Waals surface area contributed by atoms with E-state index in [-0.39, 0.29) is 40.5 Å². The van der Waals surface area contributed by atoms with E-state index in [4.69, 9.17) is 9.47 Å². The van der Waals surface area contributed by atoms with Gasteiger partial charge in [-0.1, -0.05) is 18.2 Å². The lowest BCUT2D eigenvalue weighted by molar-refractivity contribution is -0.151. The van der Waals surface area contributed by atoms with E-state index in [9.17, 15) is 31.5 Å². The van der Waals surface area contributed by atoms with E-state index in [1.165, 1.54) is 18.2 Å². The van der Waals surface area contributed by atoms with Crippen LogP contribution in [0.4, 0.5) is 13.2 Å². The molecule has 0 radical (unpaired) electrons. The number of aliphatic hydroxyl groups excluding tert-OH is 1. The predicted molar refractivity (Wildman–Crippen MR) is 93.1 cm³/mol. The Balaban J connectivity index is 2.02. The summed E-state index contributed by atoms with van der Waals surface area (Å²) in [6.45, 7) is 2.70. The summed E-state index contributed by atoms with van der Waals surface area (Å²) in [6.07, 6.45) is -2.06. The minimum absolute atomic E-state index is 0.00957. The highest BCUT2D eigenvalue weighted by molar-refractivity contribution is 7.87. The molecule has 0 saturated heterocycles. The van der Waals surface area contributed by atoms with Crippen LogP contribution in [-0.2, 0) is 19.1 Å².